The van der Waals surface area contributed by atoms with Crippen LogP contribution in [0.5, 0.6) is 0 Å². The number of aryl methyl sites for hydroxylation is 1. The van der Waals surface area contributed by atoms with Gasteiger partial charge in [-0.25, -0.2) is 0 Å². The van der Waals surface area contributed by atoms with E-state index in [1.807, 2.05) is 18.8 Å². The van der Waals surface area contributed by atoms with Crippen LogP contribution in [-0.2, 0) is 4.74 Å². The first-order valence-electron chi connectivity index (χ1n) is 9.33. The van der Waals surface area contributed by atoms with Gasteiger partial charge < -0.3 is 15.4 Å². The molecule has 0 bridgehead atoms. The average molecular weight is 379 g/mol. The van der Waals surface area contributed by atoms with Gasteiger partial charge in [0.1, 0.15) is 0 Å². The summed E-state index contributed by atoms with van der Waals surface area (Å²) in [6.45, 7) is 11.8. The van der Waals surface area contributed by atoms with Crippen molar-refractivity contribution in [1.82, 2.24) is 15.5 Å². The number of hydrogen-bond donors (Lipinski definition) is 2. The Kier molecular flexibility index (Phi) is 8.25. The van der Waals surface area contributed by atoms with Gasteiger partial charge in [-0.1, -0.05) is 29.8 Å². The molecule has 0 aromatic heterocycles. The quantitative estimate of drug-likeness (QED) is 0.564. The number of rotatable bonds is 7. The van der Waals surface area contributed by atoms with Crippen LogP contribution in [0.25, 0.3) is 0 Å². The number of morpholine rings is 1. The number of guanidine groups is 1. The summed E-state index contributed by atoms with van der Waals surface area (Å²) in [6.07, 6.45) is 2.14. The van der Waals surface area contributed by atoms with E-state index in [1.54, 1.807) is 0 Å². The standard InChI is InChI=1S/C20H34N4OS/c1-16-6-8-17(9-7-16)18(24-10-12-25-13-11-24)14-22-19(21-4)23-15-20(2,3)26-5/h6-9,18H,10-15H2,1-5H3,(H2,21,22,23). The maximum Gasteiger partial charge on any atom is 0.191 e. The third-order valence-electron chi connectivity index (χ3n) is 4.87. The Hall–Kier alpha value is -1.24. The van der Waals surface area contributed by atoms with Gasteiger partial charge in [0.25, 0.3) is 0 Å². The molecule has 2 N–H and O–H groups in total. The van der Waals surface area contributed by atoms with Crippen molar-refractivity contribution in [2.75, 3.05) is 52.7 Å². The summed E-state index contributed by atoms with van der Waals surface area (Å²) in [6, 6.07) is 9.17. The number of benzene rings is 1. The lowest BCUT2D eigenvalue weighted by Gasteiger charge is -2.35. The molecule has 1 fully saturated rings. The molecule has 146 valence electrons. The minimum atomic E-state index is 0.179. The summed E-state index contributed by atoms with van der Waals surface area (Å²) in [5, 5.41) is 6.98. The minimum absolute atomic E-state index is 0.179. The molecule has 0 radical (unpaired) electrons. The first-order chi connectivity index (χ1) is 12.4. The van der Waals surface area contributed by atoms with Crippen molar-refractivity contribution in [2.24, 2.45) is 4.99 Å². The maximum absolute atomic E-state index is 5.54. The largest absolute Gasteiger partial charge is 0.379 e. The SMILES string of the molecule is CN=C(NCC(c1ccc(C)cc1)N1CCOCC1)NCC(C)(C)SC. The van der Waals surface area contributed by atoms with Crippen LogP contribution in [0.2, 0.25) is 0 Å². The van der Waals surface area contributed by atoms with Gasteiger partial charge >= 0.3 is 0 Å². The average Bonchev–Trinajstić information content (AvgIpc) is 2.66. The molecule has 1 aromatic rings. The van der Waals surface area contributed by atoms with Gasteiger partial charge in [-0.2, -0.15) is 11.8 Å². The molecule has 6 heteroatoms. The smallest absolute Gasteiger partial charge is 0.191 e. The molecular formula is C20H34N4OS. The van der Waals surface area contributed by atoms with Crippen molar-refractivity contribution in [3.8, 4) is 0 Å². The first-order valence-corrected chi connectivity index (χ1v) is 10.6. The van der Waals surface area contributed by atoms with Gasteiger partial charge in [-0.15, -0.1) is 0 Å². The Morgan fingerprint density at radius 3 is 2.46 bits per heavy atom. The predicted molar refractivity (Wildman–Crippen MR) is 113 cm³/mol. The lowest BCUT2D eigenvalue weighted by Crippen LogP contribution is -2.48. The third kappa shape index (κ3) is 6.49. The summed E-state index contributed by atoms with van der Waals surface area (Å²) in [5.41, 5.74) is 2.63. The molecule has 0 saturated carbocycles. The number of nitrogens with zero attached hydrogens (tertiary/aromatic N) is 2. The zero-order chi connectivity index (χ0) is 19.0. The Bertz CT molecular complexity index is 568. The van der Waals surface area contributed by atoms with Crippen molar-refractivity contribution in [3.63, 3.8) is 0 Å². The first kappa shape index (κ1) is 21.1. The highest BCUT2D eigenvalue weighted by Crippen LogP contribution is 2.22. The lowest BCUT2D eigenvalue weighted by molar-refractivity contribution is 0.0170. The Morgan fingerprint density at radius 1 is 1.23 bits per heavy atom. The molecule has 2 rings (SSSR count). The van der Waals surface area contributed by atoms with Gasteiger partial charge in [0.15, 0.2) is 5.96 Å². The van der Waals surface area contributed by atoms with E-state index in [4.69, 9.17) is 4.74 Å². The second-order valence-corrected chi connectivity index (χ2v) is 8.86. The van der Waals surface area contributed by atoms with Crippen LogP contribution in [-0.4, -0.2) is 68.3 Å². The summed E-state index contributed by atoms with van der Waals surface area (Å²) in [7, 11) is 1.83. The van der Waals surface area contributed by atoms with Crippen molar-refractivity contribution < 1.29 is 4.74 Å². The van der Waals surface area contributed by atoms with Gasteiger partial charge in [0, 0.05) is 38.0 Å². The van der Waals surface area contributed by atoms with Crippen molar-refractivity contribution in [3.05, 3.63) is 35.4 Å². The van der Waals surface area contributed by atoms with E-state index in [-0.39, 0.29) is 4.75 Å². The van der Waals surface area contributed by atoms with Crippen LogP contribution in [0.1, 0.15) is 31.0 Å². The van der Waals surface area contributed by atoms with Crippen molar-refractivity contribution in [2.45, 2.75) is 31.6 Å². The van der Waals surface area contributed by atoms with Gasteiger partial charge in [-0.3, -0.25) is 9.89 Å². The van der Waals surface area contributed by atoms with Crippen LogP contribution in [0.4, 0.5) is 0 Å². The third-order valence-corrected chi connectivity index (χ3v) is 6.12. The van der Waals surface area contributed by atoms with Crippen molar-refractivity contribution >= 4 is 17.7 Å². The van der Waals surface area contributed by atoms with E-state index < -0.39 is 0 Å². The number of hydrogen-bond acceptors (Lipinski definition) is 4. The fraction of sp³-hybridized carbons (Fsp3) is 0.650. The summed E-state index contributed by atoms with van der Waals surface area (Å²) in [4.78, 5) is 6.89. The molecule has 26 heavy (non-hydrogen) atoms. The van der Waals surface area contributed by atoms with E-state index in [2.05, 4.69) is 71.8 Å². The second-order valence-electron chi connectivity index (χ2n) is 7.35. The van der Waals surface area contributed by atoms with E-state index >= 15 is 0 Å². The molecule has 1 unspecified atom stereocenters. The minimum Gasteiger partial charge on any atom is -0.379 e. The molecule has 0 amide bonds. The van der Waals surface area contributed by atoms with E-state index in [0.717, 1.165) is 45.4 Å². The van der Waals surface area contributed by atoms with Gasteiger partial charge in [0.2, 0.25) is 0 Å². The maximum atomic E-state index is 5.54. The molecule has 1 aliphatic heterocycles. The Balaban J connectivity index is 2.02. The van der Waals surface area contributed by atoms with Crippen LogP contribution < -0.4 is 10.6 Å². The number of nitrogens with one attached hydrogen (secondary N) is 2. The van der Waals surface area contributed by atoms with Crippen LogP contribution in [0.15, 0.2) is 29.3 Å². The zero-order valence-corrected chi connectivity index (χ0v) is 17.7. The molecule has 1 aliphatic rings. The second kappa shape index (κ2) is 10.2. The highest BCUT2D eigenvalue weighted by atomic mass is 32.2. The topological polar surface area (TPSA) is 48.9 Å². The lowest BCUT2D eigenvalue weighted by atomic mass is 10.0. The molecule has 0 aliphatic carbocycles. The normalized spacial score (nSPS) is 17.8. The molecule has 1 heterocycles. The number of thioether (sulfide) groups is 1. The van der Waals surface area contributed by atoms with Crippen LogP contribution in [0.3, 0.4) is 0 Å². The molecule has 1 aromatic carbocycles. The summed E-state index contributed by atoms with van der Waals surface area (Å²) < 4.78 is 5.72. The highest BCUT2D eigenvalue weighted by molar-refractivity contribution is 7.99. The molecular weight excluding hydrogens is 344 g/mol. The molecule has 1 atom stereocenters. The fourth-order valence-corrected chi connectivity index (χ4v) is 3.13. The molecule has 5 nitrogen and oxygen atoms in total. The summed E-state index contributed by atoms with van der Waals surface area (Å²) in [5.74, 6) is 0.859. The number of ether oxygens (including phenoxy) is 1. The predicted octanol–water partition coefficient (Wildman–Crippen LogP) is 2.67. The molecule has 1 saturated heterocycles. The van der Waals surface area contributed by atoms with Gasteiger partial charge in [0.05, 0.1) is 19.3 Å². The van der Waals surface area contributed by atoms with E-state index in [0.29, 0.717) is 6.04 Å². The van der Waals surface area contributed by atoms with E-state index in [1.165, 1.54) is 11.1 Å². The van der Waals surface area contributed by atoms with Gasteiger partial charge in [-0.05, 0) is 32.6 Å². The highest BCUT2D eigenvalue weighted by Gasteiger charge is 2.23. The summed E-state index contributed by atoms with van der Waals surface area (Å²) >= 11 is 1.86. The number of aliphatic imine (C=N–C) groups is 1. The fourth-order valence-electron chi connectivity index (χ4n) is 2.92. The Labute approximate surface area is 163 Å². The van der Waals surface area contributed by atoms with Crippen LogP contribution >= 0.6 is 11.8 Å². The van der Waals surface area contributed by atoms with E-state index in [9.17, 15) is 0 Å². The zero-order valence-electron chi connectivity index (χ0n) is 16.8. The Morgan fingerprint density at radius 2 is 1.88 bits per heavy atom. The van der Waals surface area contributed by atoms with Crippen LogP contribution in [0, 0.1) is 6.92 Å². The molecule has 0 spiro atoms. The monoisotopic (exact) mass is 378 g/mol. The van der Waals surface area contributed by atoms with Crippen molar-refractivity contribution in [1.29, 1.82) is 0 Å².